The maximum atomic E-state index is 10.5. The topological polar surface area (TPSA) is 90.2 Å². The Bertz CT molecular complexity index is 933. The van der Waals surface area contributed by atoms with E-state index < -0.39 is 37.1 Å². The second-order valence-electron chi connectivity index (χ2n) is 7.37. The summed E-state index contributed by atoms with van der Waals surface area (Å²) in [5.74, 6) is 0. The van der Waals surface area contributed by atoms with Gasteiger partial charge in [0.1, 0.15) is 30.5 Å². The molecule has 0 spiro atoms. The van der Waals surface area contributed by atoms with Crippen LogP contribution in [0.4, 0.5) is 0 Å². The summed E-state index contributed by atoms with van der Waals surface area (Å²) in [6.07, 6.45) is -4.95. The average molecular weight is 400 g/mol. The summed E-state index contributed by atoms with van der Waals surface area (Å²) in [6.45, 7) is 1.49. The molecule has 0 saturated carbocycles. The molecular weight excluding hydrogens is 376 g/mol. The number of aryl methyl sites for hydroxylation is 1. The van der Waals surface area contributed by atoms with Gasteiger partial charge in [0.05, 0.1) is 6.61 Å². The zero-order chi connectivity index (χ0) is 19.8. The second kappa shape index (κ2) is 7.91. The second-order valence-corrected chi connectivity index (χ2v) is 8.54. The average Bonchev–Trinajstić information content (AvgIpc) is 3.10. The Morgan fingerprint density at radius 3 is 2.50 bits per heavy atom. The minimum absolute atomic E-state index is 0.429. The van der Waals surface area contributed by atoms with Crippen molar-refractivity contribution in [3.05, 3.63) is 70.1 Å². The fraction of sp³-hybridized carbons (Fsp3) is 0.364. The summed E-state index contributed by atoms with van der Waals surface area (Å²) in [5.41, 5.74) is 2.75. The highest BCUT2D eigenvalue weighted by molar-refractivity contribution is 7.19. The van der Waals surface area contributed by atoms with Crippen molar-refractivity contribution in [2.45, 2.75) is 43.9 Å². The number of hydrogen-bond donors (Lipinski definition) is 4. The van der Waals surface area contributed by atoms with Crippen LogP contribution in [0, 0.1) is 6.92 Å². The summed E-state index contributed by atoms with van der Waals surface area (Å²) in [6, 6.07) is 16.5. The van der Waals surface area contributed by atoms with E-state index in [2.05, 4.69) is 18.2 Å². The van der Waals surface area contributed by atoms with Crippen molar-refractivity contribution in [1.29, 1.82) is 0 Å². The lowest BCUT2D eigenvalue weighted by Crippen LogP contribution is -2.55. The molecule has 1 aliphatic heterocycles. The van der Waals surface area contributed by atoms with E-state index >= 15 is 0 Å². The van der Waals surface area contributed by atoms with Crippen LogP contribution in [0.3, 0.4) is 0 Å². The summed E-state index contributed by atoms with van der Waals surface area (Å²) >= 11 is 1.76. The Morgan fingerprint density at radius 2 is 1.75 bits per heavy atom. The Balaban J connectivity index is 1.63. The smallest absolute Gasteiger partial charge is 0.113 e. The third-order valence-electron chi connectivity index (χ3n) is 5.40. The first-order chi connectivity index (χ1) is 13.5. The van der Waals surface area contributed by atoms with Crippen LogP contribution in [-0.4, -0.2) is 51.4 Å². The summed E-state index contributed by atoms with van der Waals surface area (Å²) in [4.78, 5) is 1.24. The Hall–Kier alpha value is -1.80. The van der Waals surface area contributed by atoms with E-state index in [1.54, 1.807) is 11.3 Å². The Labute approximate surface area is 167 Å². The van der Waals surface area contributed by atoms with E-state index in [4.69, 9.17) is 4.74 Å². The number of aliphatic hydroxyl groups excluding tert-OH is 4. The predicted octanol–water partition coefficient (Wildman–Crippen LogP) is 2.32. The molecular formula is C22H24O5S. The fourth-order valence-corrected chi connectivity index (χ4v) is 4.89. The Morgan fingerprint density at radius 1 is 0.964 bits per heavy atom. The SMILES string of the molecule is Cc1ccc(Cc2cc3ccccc3s2)cc1[C@@H]1O[C@H](CO)[C@@H](O)[C@H](O)[C@H]1O. The highest BCUT2D eigenvalue weighted by atomic mass is 32.1. The molecule has 1 saturated heterocycles. The van der Waals surface area contributed by atoms with Crippen LogP contribution in [0.5, 0.6) is 0 Å². The van der Waals surface area contributed by atoms with Crippen molar-refractivity contribution < 1.29 is 25.2 Å². The van der Waals surface area contributed by atoms with Crippen LogP contribution in [0.15, 0.2) is 48.5 Å². The third kappa shape index (κ3) is 3.59. The lowest BCUT2D eigenvalue weighted by Gasteiger charge is -2.40. The number of benzene rings is 2. The van der Waals surface area contributed by atoms with Gasteiger partial charge in [-0.1, -0.05) is 36.4 Å². The minimum Gasteiger partial charge on any atom is -0.394 e. The molecule has 0 amide bonds. The van der Waals surface area contributed by atoms with Crippen LogP contribution in [0.25, 0.3) is 10.1 Å². The molecule has 1 aromatic heterocycles. The molecule has 28 heavy (non-hydrogen) atoms. The quantitative estimate of drug-likeness (QED) is 0.540. The molecule has 4 N–H and O–H groups in total. The first-order valence-corrected chi connectivity index (χ1v) is 10.2. The maximum absolute atomic E-state index is 10.5. The van der Waals surface area contributed by atoms with Gasteiger partial charge in [0, 0.05) is 16.0 Å². The number of rotatable bonds is 4. The van der Waals surface area contributed by atoms with Gasteiger partial charge >= 0.3 is 0 Å². The van der Waals surface area contributed by atoms with Gasteiger partial charge in [-0.05, 0) is 41.1 Å². The molecule has 2 heterocycles. The van der Waals surface area contributed by atoms with E-state index in [-0.39, 0.29) is 0 Å². The molecule has 0 unspecified atom stereocenters. The van der Waals surface area contributed by atoms with E-state index in [1.165, 1.54) is 15.0 Å². The standard InChI is InChI=1S/C22H24O5S/c1-12-6-7-13(8-15-10-14-4-2-3-5-18(14)28-15)9-16(12)22-21(26)20(25)19(24)17(11-23)27-22/h2-7,9-10,17,19-26H,8,11H2,1H3/t17-,19-,20+,21-,22+/m1/s1. The number of thiophene rings is 1. The van der Waals surface area contributed by atoms with Crippen LogP contribution in [-0.2, 0) is 11.2 Å². The normalized spacial score (nSPS) is 28.0. The largest absolute Gasteiger partial charge is 0.394 e. The highest BCUT2D eigenvalue weighted by Crippen LogP contribution is 2.35. The maximum Gasteiger partial charge on any atom is 0.113 e. The molecule has 2 aromatic carbocycles. The van der Waals surface area contributed by atoms with Crippen molar-refractivity contribution in [1.82, 2.24) is 0 Å². The molecule has 0 aliphatic carbocycles. The molecule has 5 nitrogen and oxygen atoms in total. The molecule has 5 atom stereocenters. The van der Waals surface area contributed by atoms with Gasteiger partial charge in [0.15, 0.2) is 0 Å². The summed E-state index contributed by atoms with van der Waals surface area (Å²) in [7, 11) is 0. The van der Waals surface area contributed by atoms with Gasteiger partial charge in [0.25, 0.3) is 0 Å². The molecule has 1 fully saturated rings. The lowest BCUT2D eigenvalue weighted by molar-refractivity contribution is -0.231. The fourth-order valence-electron chi connectivity index (χ4n) is 3.79. The third-order valence-corrected chi connectivity index (χ3v) is 6.51. The highest BCUT2D eigenvalue weighted by Gasteiger charge is 2.44. The van der Waals surface area contributed by atoms with Gasteiger partial charge in [-0.25, -0.2) is 0 Å². The van der Waals surface area contributed by atoms with Gasteiger partial charge in [-0.15, -0.1) is 11.3 Å². The van der Waals surface area contributed by atoms with Gasteiger partial charge in [-0.3, -0.25) is 0 Å². The van der Waals surface area contributed by atoms with Crippen molar-refractivity contribution in [2.24, 2.45) is 0 Å². The van der Waals surface area contributed by atoms with Gasteiger partial charge in [0.2, 0.25) is 0 Å². The van der Waals surface area contributed by atoms with Gasteiger partial charge < -0.3 is 25.2 Å². The van der Waals surface area contributed by atoms with E-state index in [0.29, 0.717) is 0 Å². The minimum atomic E-state index is -1.37. The summed E-state index contributed by atoms with van der Waals surface area (Å²) in [5, 5.41) is 41.3. The molecule has 6 heteroatoms. The molecule has 0 bridgehead atoms. The lowest BCUT2D eigenvalue weighted by atomic mass is 9.88. The molecule has 1 aliphatic rings. The summed E-state index contributed by atoms with van der Waals surface area (Å²) < 4.78 is 6.99. The predicted molar refractivity (Wildman–Crippen MR) is 109 cm³/mol. The van der Waals surface area contributed by atoms with Crippen molar-refractivity contribution in [2.75, 3.05) is 6.61 Å². The van der Waals surface area contributed by atoms with Crippen LogP contribution < -0.4 is 0 Å². The first-order valence-electron chi connectivity index (χ1n) is 9.35. The monoisotopic (exact) mass is 400 g/mol. The molecule has 4 rings (SSSR count). The zero-order valence-corrected chi connectivity index (χ0v) is 16.3. The number of fused-ring (bicyclic) bond motifs is 1. The van der Waals surface area contributed by atoms with Crippen molar-refractivity contribution in [3.63, 3.8) is 0 Å². The molecule has 148 valence electrons. The number of aliphatic hydroxyl groups is 4. The first kappa shape index (κ1) is 19.5. The van der Waals surface area contributed by atoms with Crippen LogP contribution in [0.2, 0.25) is 0 Å². The Kier molecular flexibility index (Phi) is 5.51. The van der Waals surface area contributed by atoms with Crippen LogP contribution >= 0.6 is 11.3 Å². The number of hydrogen-bond acceptors (Lipinski definition) is 6. The van der Waals surface area contributed by atoms with Crippen LogP contribution in [0.1, 0.15) is 27.7 Å². The van der Waals surface area contributed by atoms with E-state index in [1.807, 2.05) is 37.3 Å². The zero-order valence-electron chi connectivity index (χ0n) is 15.5. The molecule has 3 aromatic rings. The van der Waals surface area contributed by atoms with Crippen molar-refractivity contribution >= 4 is 21.4 Å². The van der Waals surface area contributed by atoms with Crippen molar-refractivity contribution in [3.8, 4) is 0 Å². The molecule has 0 radical (unpaired) electrons. The van der Waals surface area contributed by atoms with E-state index in [0.717, 1.165) is 23.1 Å². The van der Waals surface area contributed by atoms with Gasteiger partial charge in [-0.2, -0.15) is 0 Å². The number of ether oxygens (including phenoxy) is 1. The van der Waals surface area contributed by atoms with E-state index in [9.17, 15) is 20.4 Å².